The van der Waals surface area contributed by atoms with Crippen LogP contribution in [0.5, 0.6) is 5.75 Å². The van der Waals surface area contributed by atoms with Gasteiger partial charge in [-0.2, -0.15) is 0 Å². The standard InChI is InChI=1S/C26H26N2O4/c1-32-21-4-2-3-18(13-21)6-5-17-7-9-19(10-8-17)25-22-14-27(26(31)20-11-12-20)15-24(30)28(22)23(25)16-29/h2-4,7-10,13,20,22-23,25,29H,11-12,14-16H2,1H3/t22-,23-,25+/m1/s1. The van der Waals surface area contributed by atoms with E-state index in [0.29, 0.717) is 6.54 Å². The number of hydrogen-bond donors (Lipinski definition) is 1. The van der Waals surface area contributed by atoms with E-state index >= 15 is 0 Å². The van der Waals surface area contributed by atoms with Crippen LogP contribution in [0.25, 0.3) is 0 Å². The Morgan fingerprint density at radius 1 is 1.12 bits per heavy atom. The molecule has 3 atom stereocenters. The Hall–Kier alpha value is -3.30. The van der Waals surface area contributed by atoms with Gasteiger partial charge in [-0.15, -0.1) is 0 Å². The summed E-state index contributed by atoms with van der Waals surface area (Å²) in [6.07, 6.45) is 1.86. The predicted octanol–water partition coefficient (Wildman–Crippen LogP) is 2.00. The van der Waals surface area contributed by atoms with E-state index in [4.69, 9.17) is 4.74 Å². The maximum absolute atomic E-state index is 12.7. The zero-order valence-corrected chi connectivity index (χ0v) is 18.0. The van der Waals surface area contributed by atoms with Crippen LogP contribution in [0.1, 0.15) is 35.4 Å². The number of aliphatic hydroxyl groups is 1. The van der Waals surface area contributed by atoms with Crippen LogP contribution in [0.4, 0.5) is 0 Å². The van der Waals surface area contributed by atoms with Crippen LogP contribution in [-0.2, 0) is 9.59 Å². The first kappa shape index (κ1) is 20.6. The minimum absolute atomic E-state index is 0.0131. The van der Waals surface area contributed by atoms with Crippen molar-refractivity contribution >= 4 is 11.8 Å². The molecule has 164 valence electrons. The highest BCUT2D eigenvalue weighted by Gasteiger charge is 2.55. The predicted molar refractivity (Wildman–Crippen MR) is 119 cm³/mol. The molecule has 0 aromatic heterocycles. The Morgan fingerprint density at radius 2 is 1.88 bits per heavy atom. The first-order chi connectivity index (χ1) is 15.6. The normalized spacial score (nSPS) is 24.2. The third-order valence-corrected chi connectivity index (χ3v) is 6.71. The van der Waals surface area contributed by atoms with Gasteiger partial charge in [-0.1, -0.05) is 30.0 Å². The molecule has 5 rings (SSSR count). The maximum atomic E-state index is 12.7. The number of nitrogens with zero attached hydrogens (tertiary/aromatic N) is 2. The highest BCUT2D eigenvalue weighted by atomic mass is 16.5. The van der Waals surface area contributed by atoms with Crippen molar-refractivity contribution in [2.75, 3.05) is 26.8 Å². The molecule has 2 aromatic carbocycles. The first-order valence-electron chi connectivity index (χ1n) is 11.1. The van der Waals surface area contributed by atoms with Gasteiger partial charge in [-0.3, -0.25) is 9.59 Å². The summed E-state index contributed by atoms with van der Waals surface area (Å²) in [5.74, 6) is 7.25. The number of ether oxygens (including phenoxy) is 1. The first-order valence-corrected chi connectivity index (χ1v) is 11.1. The number of fused-ring (bicyclic) bond motifs is 1. The van der Waals surface area contributed by atoms with Crippen LogP contribution in [0.3, 0.4) is 0 Å². The number of carbonyl (C=O) groups is 2. The summed E-state index contributed by atoms with van der Waals surface area (Å²) in [6, 6.07) is 15.3. The Bertz CT molecular complexity index is 1100. The molecule has 3 fully saturated rings. The molecule has 0 bridgehead atoms. The lowest BCUT2D eigenvalue weighted by molar-refractivity contribution is -0.167. The van der Waals surface area contributed by atoms with Crippen molar-refractivity contribution in [3.63, 3.8) is 0 Å². The van der Waals surface area contributed by atoms with Crippen molar-refractivity contribution < 1.29 is 19.4 Å². The fraction of sp³-hybridized carbons (Fsp3) is 0.385. The molecule has 0 unspecified atom stereocenters. The van der Waals surface area contributed by atoms with Gasteiger partial charge in [0.05, 0.1) is 32.3 Å². The zero-order chi connectivity index (χ0) is 22.2. The van der Waals surface area contributed by atoms with Gasteiger partial charge in [0, 0.05) is 29.5 Å². The van der Waals surface area contributed by atoms with Crippen LogP contribution < -0.4 is 4.74 Å². The topological polar surface area (TPSA) is 70.1 Å². The molecule has 6 heteroatoms. The minimum atomic E-state index is -0.237. The summed E-state index contributed by atoms with van der Waals surface area (Å²) in [7, 11) is 1.63. The molecule has 6 nitrogen and oxygen atoms in total. The van der Waals surface area contributed by atoms with Crippen LogP contribution in [0.2, 0.25) is 0 Å². The summed E-state index contributed by atoms with van der Waals surface area (Å²) < 4.78 is 5.24. The number of benzene rings is 2. The summed E-state index contributed by atoms with van der Waals surface area (Å²) in [5.41, 5.74) is 2.83. The number of piperazine rings is 1. The van der Waals surface area contributed by atoms with Crippen LogP contribution >= 0.6 is 0 Å². The van der Waals surface area contributed by atoms with Gasteiger partial charge in [0.1, 0.15) is 5.75 Å². The molecule has 3 aliphatic rings. The summed E-state index contributed by atoms with van der Waals surface area (Å²) >= 11 is 0. The minimum Gasteiger partial charge on any atom is -0.497 e. The van der Waals surface area contributed by atoms with Crippen molar-refractivity contribution in [3.05, 3.63) is 65.2 Å². The Labute approximate surface area is 187 Å². The lowest BCUT2D eigenvalue weighted by Gasteiger charge is -2.58. The molecule has 1 saturated carbocycles. The molecular formula is C26H26N2O4. The second-order valence-corrected chi connectivity index (χ2v) is 8.74. The van der Waals surface area contributed by atoms with Crippen molar-refractivity contribution in [3.8, 4) is 17.6 Å². The molecule has 2 aromatic rings. The molecule has 2 saturated heterocycles. The molecule has 2 amide bonds. The molecule has 2 aliphatic heterocycles. The van der Waals surface area contributed by atoms with Gasteiger partial charge in [-0.25, -0.2) is 0 Å². The average Bonchev–Trinajstić information content (AvgIpc) is 3.65. The van der Waals surface area contributed by atoms with Crippen molar-refractivity contribution in [2.24, 2.45) is 5.92 Å². The summed E-state index contributed by atoms with van der Waals surface area (Å²) in [4.78, 5) is 28.7. The average molecular weight is 431 g/mol. The number of aliphatic hydroxyl groups excluding tert-OH is 1. The van der Waals surface area contributed by atoms with Gasteiger partial charge < -0.3 is 19.6 Å². The molecule has 1 N–H and O–H groups in total. The third kappa shape index (κ3) is 3.74. The lowest BCUT2D eigenvalue weighted by atomic mass is 9.73. The Balaban J connectivity index is 1.33. The molecule has 0 radical (unpaired) electrons. The second-order valence-electron chi connectivity index (χ2n) is 8.74. The number of rotatable bonds is 4. The van der Waals surface area contributed by atoms with Crippen LogP contribution in [0.15, 0.2) is 48.5 Å². The summed E-state index contributed by atoms with van der Waals surface area (Å²) in [5, 5.41) is 9.95. The van der Waals surface area contributed by atoms with E-state index in [-0.39, 0.29) is 48.9 Å². The van der Waals surface area contributed by atoms with Crippen molar-refractivity contribution in [1.82, 2.24) is 9.80 Å². The fourth-order valence-electron chi connectivity index (χ4n) is 4.89. The highest BCUT2D eigenvalue weighted by Crippen LogP contribution is 2.43. The van der Waals surface area contributed by atoms with E-state index in [1.54, 1.807) is 16.9 Å². The quantitative estimate of drug-likeness (QED) is 0.754. The number of methoxy groups -OCH3 is 1. The smallest absolute Gasteiger partial charge is 0.242 e. The van der Waals surface area contributed by atoms with Crippen LogP contribution in [-0.4, -0.2) is 65.6 Å². The van der Waals surface area contributed by atoms with Gasteiger partial charge >= 0.3 is 0 Å². The Morgan fingerprint density at radius 3 is 2.56 bits per heavy atom. The van der Waals surface area contributed by atoms with Crippen molar-refractivity contribution in [2.45, 2.75) is 30.8 Å². The van der Waals surface area contributed by atoms with Gasteiger partial charge in [0.2, 0.25) is 11.8 Å². The van der Waals surface area contributed by atoms with E-state index in [2.05, 4.69) is 11.8 Å². The van der Waals surface area contributed by atoms with Crippen LogP contribution in [0, 0.1) is 17.8 Å². The zero-order valence-electron chi connectivity index (χ0n) is 18.0. The van der Waals surface area contributed by atoms with E-state index in [9.17, 15) is 14.7 Å². The monoisotopic (exact) mass is 430 g/mol. The van der Waals surface area contributed by atoms with Crippen molar-refractivity contribution in [1.29, 1.82) is 0 Å². The molecule has 0 spiro atoms. The van der Waals surface area contributed by atoms with E-state index in [0.717, 1.165) is 35.3 Å². The molecule has 32 heavy (non-hydrogen) atoms. The Kier molecular flexibility index (Phi) is 5.36. The lowest BCUT2D eigenvalue weighted by Crippen LogP contribution is -2.73. The van der Waals surface area contributed by atoms with Gasteiger partial charge in [0.15, 0.2) is 0 Å². The molecule has 1 aliphatic carbocycles. The number of hydrogen-bond acceptors (Lipinski definition) is 4. The van der Waals surface area contributed by atoms with E-state index in [1.807, 2.05) is 48.5 Å². The maximum Gasteiger partial charge on any atom is 0.242 e. The van der Waals surface area contributed by atoms with Gasteiger partial charge in [-0.05, 0) is 48.7 Å². The van der Waals surface area contributed by atoms with E-state index < -0.39 is 0 Å². The fourth-order valence-corrected chi connectivity index (χ4v) is 4.89. The van der Waals surface area contributed by atoms with E-state index in [1.165, 1.54) is 0 Å². The summed E-state index contributed by atoms with van der Waals surface area (Å²) in [6.45, 7) is 0.592. The SMILES string of the molecule is COc1cccc(C#Cc2ccc([C@@H]3[C@@H](CO)N4C(=O)CN(C(=O)C5CC5)C[C@H]34)cc2)c1. The number of amides is 2. The largest absolute Gasteiger partial charge is 0.497 e. The molecular weight excluding hydrogens is 404 g/mol. The highest BCUT2D eigenvalue weighted by molar-refractivity contribution is 5.89. The molecule has 2 heterocycles. The second kappa shape index (κ2) is 8.33. The number of carbonyl (C=O) groups excluding carboxylic acids is 2. The third-order valence-electron chi connectivity index (χ3n) is 6.71. The van der Waals surface area contributed by atoms with Gasteiger partial charge in [0.25, 0.3) is 0 Å².